The van der Waals surface area contributed by atoms with E-state index in [-0.39, 0.29) is 12.6 Å². The van der Waals surface area contributed by atoms with Crippen LogP contribution in [0.1, 0.15) is 11.3 Å². The van der Waals surface area contributed by atoms with Crippen LogP contribution in [0.2, 0.25) is 0 Å². The van der Waals surface area contributed by atoms with Crippen LogP contribution in [0, 0.1) is 6.92 Å². The van der Waals surface area contributed by atoms with Gasteiger partial charge in [0.2, 0.25) is 0 Å². The zero-order valence-corrected chi connectivity index (χ0v) is 9.35. The fourth-order valence-electron chi connectivity index (χ4n) is 1.77. The Morgan fingerprint density at radius 3 is 2.88 bits per heavy atom. The van der Waals surface area contributed by atoms with Crippen molar-refractivity contribution in [1.29, 1.82) is 0 Å². The van der Waals surface area contributed by atoms with Crippen molar-refractivity contribution in [1.82, 2.24) is 4.98 Å². The minimum absolute atomic E-state index is 0.0180. The standard InChI is InChI=1S/C13H16N2O/c1-9-2-4-11-6-10(7-12(14)8-16)3-5-13(11)15-9/h2-6,12,16H,7-8,14H2,1H3. The highest BCUT2D eigenvalue weighted by atomic mass is 16.3. The van der Waals surface area contributed by atoms with E-state index >= 15 is 0 Å². The zero-order chi connectivity index (χ0) is 11.5. The summed E-state index contributed by atoms with van der Waals surface area (Å²) < 4.78 is 0. The van der Waals surface area contributed by atoms with Crippen LogP contribution in [0.3, 0.4) is 0 Å². The van der Waals surface area contributed by atoms with Crippen molar-refractivity contribution in [2.45, 2.75) is 19.4 Å². The van der Waals surface area contributed by atoms with Crippen LogP contribution in [0.15, 0.2) is 30.3 Å². The number of nitrogens with zero attached hydrogens (tertiary/aromatic N) is 1. The molecule has 1 unspecified atom stereocenters. The first-order chi connectivity index (χ1) is 7.69. The van der Waals surface area contributed by atoms with Gasteiger partial charge in [-0.15, -0.1) is 0 Å². The van der Waals surface area contributed by atoms with Crippen LogP contribution in [-0.4, -0.2) is 22.7 Å². The number of pyridine rings is 1. The fraction of sp³-hybridized carbons (Fsp3) is 0.308. The van der Waals surface area contributed by atoms with E-state index in [0.717, 1.165) is 22.2 Å². The molecular formula is C13H16N2O. The Hall–Kier alpha value is -1.45. The molecule has 2 rings (SSSR count). The molecule has 1 aromatic heterocycles. The zero-order valence-electron chi connectivity index (χ0n) is 9.35. The van der Waals surface area contributed by atoms with Gasteiger partial charge in [-0.2, -0.15) is 0 Å². The SMILES string of the molecule is Cc1ccc2cc(CC(N)CO)ccc2n1. The third-order valence-electron chi connectivity index (χ3n) is 2.63. The number of aliphatic hydroxyl groups excluding tert-OH is 1. The predicted molar refractivity (Wildman–Crippen MR) is 65.2 cm³/mol. The lowest BCUT2D eigenvalue weighted by Crippen LogP contribution is -2.26. The number of benzene rings is 1. The van der Waals surface area contributed by atoms with E-state index in [1.807, 2.05) is 25.1 Å². The van der Waals surface area contributed by atoms with Crippen LogP contribution >= 0.6 is 0 Å². The highest BCUT2D eigenvalue weighted by Gasteiger charge is 2.03. The third kappa shape index (κ3) is 2.38. The highest BCUT2D eigenvalue weighted by molar-refractivity contribution is 5.79. The molecule has 0 spiro atoms. The molecule has 0 aliphatic rings. The van der Waals surface area contributed by atoms with E-state index in [4.69, 9.17) is 10.8 Å². The van der Waals surface area contributed by atoms with Crippen molar-refractivity contribution in [2.75, 3.05) is 6.61 Å². The van der Waals surface area contributed by atoms with Crippen LogP contribution in [0.5, 0.6) is 0 Å². The summed E-state index contributed by atoms with van der Waals surface area (Å²) in [5.41, 5.74) is 8.87. The van der Waals surface area contributed by atoms with Gasteiger partial charge in [0.1, 0.15) is 0 Å². The van der Waals surface area contributed by atoms with E-state index in [2.05, 4.69) is 17.1 Å². The molecule has 0 aliphatic carbocycles. The monoisotopic (exact) mass is 216 g/mol. The Labute approximate surface area is 94.9 Å². The van der Waals surface area contributed by atoms with Crippen molar-refractivity contribution in [3.8, 4) is 0 Å². The van der Waals surface area contributed by atoms with Gasteiger partial charge >= 0.3 is 0 Å². The van der Waals surface area contributed by atoms with Gasteiger partial charge in [-0.1, -0.05) is 12.1 Å². The molecule has 0 saturated heterocycles. The summed E-state index contributed by atoms with van der Waals surface area (Å²) in [5, 5.41) is 10.0. The van der Waals surface area contributed by atoms with Crippen molar-refractivity contribution in [2.24, 2.45) is 5.73 Å². The first-order valence-corrected chi connectivity index (χ1v) is 5.42. The van der Waals surface area contributed by atoms with Gasteiger partial charge in [-0.3, -0.25) is 4.98 Å². The predicted octanol–water partition coefficient (Wildman–Crippen LogP) is 1.41. The number of hydrogen-bond acceptors (Lipinski definition) is 3. The van der Waals surface area contributed by atoms with Crippen LogP contribution in [0.25, 0.3) is 10.9 Å². The van der Waals surface area contributed by atoms with Gasteiger partial charge in [0.15, 0.2) is 0 Å². The minimum Gasteiger partial charge on any atom is -0.395 e. The summed E-state index contributed by atoms with van der Waals surface area (Å²) in [4.78, 5) is 4.44. The molecule has 3 heteroatoms. The molecule has 0 radical (unpaired) electrons. The molecule has 0 saturated carbocycles. The van der Waals surface area contributed by atoms with E-state index in [1.165, 1.54) is 0 Å². The molecular weight excluding hydrogens is 200 g/mol. The Kier molecular flexibility index (Phi) is 3.17. The molecule has 1 heterocycles. The molecule has 0 fully saturated rings. The molecule has 16 heavy (non-hydrogen) atoms. The molecule has 0 amide bonds. The molecule has 3 nitrogen and oxygen atoms in total. The van der Waals surface area contributed by atoms with E-state index in [0.29, 0.717) is 6.42 Å². The Balaban J connectivity index is 2.33. The maximum Gasteiger partial charge on any atom is 0.0705 e. The van der Waals surface area contributed by atoms with Crippen molar-refractivity contribution < 1.29 is 5.11 Å². The van der Waals surface area contributed by atoms with Gasteiger partial charge in [-0.25, -0.2) is 0 Å². The summed E-state index contributed by atoms with van der Waals surface area (Å²) in [6.45, 7) is 2.00. The van der Waals surface area contributed by atoms with Crippen LogP contribution < -0.4 is 5.73 Å². The number of rotatable bonds is 3. The molecule has 1 atom stereocenters. The molecule has 0 aliphatic heterocycles. The lowest BCUT2D eigenvalue weighted by molar-refractivity contribution is 0.265. The second-order valence-corrected chi connectivity index (χ2v) is 4.13. The van der Waals surface area contributed by atoms with Gasteiger partial charge < -0.3 is 10.8 Å². The summed E-state index contributed by atoms with van der Waals surface area (Å²) >= 11 is 0. The highest BCUT2D eigenvalue weighted by Crippen LogP contribution is 2.15. The minimum atomic E-state index is -0.184. The number of fused-ring (bicyclic) bond motifs is 1. The smallest absolute Gasteiger partial charge is 0.0705 e. The van der Waals surface area contributed by atoms with Gasteiger partial charge in [0, 0.05) is 17.1 Å². The number of aliphatic hydroxyl groups is 1. The van der Waals surface area contributed by atoms with Crippen LogP contribution in [-0.2, 0) is 6.42 Å². The van der Waals surface area contributed by atoms with Crippen molar-refractivity contribution in [3.05, 3.63) is 41.6 Å². The first-order valence-electron chi connectivity index (χ1n) is 5.42. The summed E-state index contributed by atoms with van der Waals surface area (Å²) in [6, 6.07) is 9.98. The van der Waals surface area contributed by atoms with Gasteiger partial charge in [-0.05, 0) is 37.1 Å². The van der Waals surface area contributed by atoms with Gasteiger partial charge in [0.05, 0.1) is 12.1 Å². The molecule has 2 aromatic rings. The first kappa shape index (κ1) is 11.0. The maximum atomic E-state index is 8.91. The Morgan fingerprint density at radius 2 is 2.12 bits per heavy atom. The average Bonchev–Trinajstić information content (AvgIpc) is 2.29. The van der Waals surface area contributed by atoms with Crippen molar-refractivity contribution >= 4 is 10.9 Å². The Morgan fingerprint density at radius 1 is 1.31 bits per heavy atom. The number of aryl methyl sites for hydroxylation is 1. The lowest BCUT2D eigenvalue weighted by Gasteiger charge is -2.08. The maximum absolute atomic E-state index is 8.91. The number of aromatic nitrogens is 1. The fourth-order valence-corrected chi connectivity index (χ4v) is 1.77. The average molecular weight is 216 g/mol. The van der Waals surface area contributed by atoms with Crippen molar-refractivity contribution in [3.63, 3.8) is 0 Å². The Bertz CT molecular complexity index is 496. The second-order valence-electron chi connectivity index (χ2n) is 4.13. The van der Waals surface area contributed by atoms with Crippen LogP contribution in [0.4, 0.5) is 0 Å². The normalized spacial score (nSPS) is 12.9. The number of hydrogen-bond donors (Lipinski definition) is 2. The third-order valence-corrected chi connectivity index (χ3v) is 2.63. The summed E-state index contributed by atoms with van der Waals surface area (Å²) in [6.07, 6.45) is 0.695. The second kappa shape index (κ2) is 4.60. The summed E-state index contributed by atoms with van der Waals surface area (Å²) in [5.74, 6) is 0. The molecule has 3 N–H and O–H groups in total. The topological polar surface area (TPSA) is 59.1 Å². The lowest BCUT2D eigenvalue weighted by atomic mass is 10.0. The quantitative estimate of drug-likeness (QED) is 0.815. The van der Waals surface area contributed by atoms with E-state index < -0.39 is 0 Å². The largest absolute Gasteiger partial charge is 0.395 e. The molecule has 1 aromatic carbocycles. The van der Waals surface area contributed by atoms with Gasteiger partial charge in [0.25, 0.3) is 0 Å². The molecule has 0 bridgehead atoms. The summed E-state index contributed by atoms with van der Waals surface area (Å²) in [7, 11) is 0. The van der Waals surface area contributed by atoms with E-state index in [1.54, 1.807) is 0 Å². The molecule has 84 valence electrons. The number of nitrogens with two attached hydrogens (primary N) is 1. The van der Waals surface area contributed by atoms with E-state index in [9.17, 15) is 0 Å².